The molecule has 0 bridgehead atoms. The number of hydrogen-bond donors (Lipinski definition) is 1. The van der Waals surface area contributed by atoms with Crippen LogP contribution in [0.5, 0.6) is 0 Å². The lowest BCUT2D eigenvalue weighted by Crippen LogP contribution is -2.42. The van der Waals surface area contributed by atoms with E-state index in [-0.39, 0.29) is 16.7 Å². The number of nitrogens with zero attached hydrogens (tertiary/aromatic N) is 1. The van der Waals surface area contributed by atoms with Crippen LogP contribution in [0.4, 0.5) is 0 Å². The number of hydrogen-bond acceptors (Lipinski definition) is 3. The third kappa shape index (κ3) is 4.12. The van der Waals surface area contributed by atoms with E-state index in [1.54, 1.807) is 4.90 Å². The van der Waals surface area contributed by atoms with E-state index in [2.05, 4.69) is 32.9 Å². The molecule has 1 amide bonds. The van der Waals surface area contributed by atoms with Crippen LogP contribution in [0.3, 0.4) is 0 Å². The van der Waals surface area contributed by atoms with Crippen LogP contribution in [0, 0.1) is 0 Å². The number of carboxylic acids is 1. The SMILES string of the molecule is CCCCC(=O)N1C(C(=O)O)CSC1c1ccc(C(C)(C)C)cc1. The van der Waals surface area contributed by atoms with Gasteiger partial charge in [-0.3, -0.25) is 4.79 Å². The van der Waals surface area contributed by atoms with Gasteiger partial charge < -0.3 is 10.0 Å². The van der Waals surface area contributed by atoms with E-state index in [1.807, 2.05) is 19.1 Å². The zero-order chi connectivity index (χ0) is 17.9. The van der Waals surface area contributed by atoms with Gasteiger partial charge in [0.25, 0.3) is 0 Å². The Balaban J connectivity index is 2.26. The van der Waals surface area contributed by atoms with Crippen LogP contribution >= 0.6 is 11.8 Å². The maximum absolute atomic E-state index is 12.6. The number of rotatable bonds is 5. The average Bonchev–Trinajstić information content (AvgIpc) is 2.97. The Labute approximate surface area is 148 Å². The number of unbranched alkanes of at least 4 members (excludes halogenated alkanes) is 1. The average molecular weight is 349 g/mol. The van der Waals surface area contributed by atoms with E-state index >= 15 is 0 Å². The first-order valence-electron chi connectivity index (χ1n) is 8.51. The highest BCUT2D eigenvalue weighted by molar-refractivity contribution is 7.99. The van der Waals surface area contributed by atoms with Gasteiger partial charge in [-0.05, 0) is 23.0 Å². The molecule has 2 unspecified atom stereocenters. The van der Waals surface area contributed by atoms with Gasteiger partial charge in [0.2, 0.25) is 5.91 Å². The van der Waals surface area contributed by atoms with Crippen LogP contribution in [0.25, 0.3) is 0 Å². The van der Waals surface area contributed by atoms with Crippen LogP contribution < -0.4 is 0 Å². The highest BCUT2D eigenvalue weighted by atomic mass is 32.2. The van der Waals surface area contributed by atoms with Crippen molar-refractivity contribution in [1.29, 1.82) is 0 Å². The lowest BCUT2D eigenvalue weighted by Gasteiger charge is -2.28. The minimum atomic E-state index is -0.916. The van der Waals surface area contributed by atoms with Crippen molar-refractivity contribution in [2.45, 2.75) is 63.8 Å². The molecule has 0 aromatic heterocycles. The van der Waals surface area contributed by atoms with Crippen molar-refractivity contribution in [2.75, 3.05) is 5.75 Å². The first kappa shape index (κ1) is 18.8. The zero-order valence-corrected chi connectivity index (χ0v) is 15.7. The van der Waals surface area contributed by atoms with E-state index in [4.69, 9.17) is 0 Å². The van der Waals surface area contributed by atoms with Crippen LogP contribution in [-0.4, -0.2) is 33.7 Å². The van der Waals surface area contributed by atoms with Crippen LogP contribution in [0.1, 0.15) is 63.5 Å². The van der Waals surface area contributed by atoms with Gasteiger partial charge in [0, 0.05) is 12.2 Å². The predicted octanol–water partition coefficient (Wildman–Crippen LogP) is 4.20. The molecule has 1 aliphatic rings. The number of aliphatic carboxylic acids is 1. The Bertz CT molecular complexity index is 592. The van der Waals surface area contributed by atoms with Gasteiger partial charge in [0.15, 0.2) is 0 Å². The molecule has 24 heavy (non-hydrogen) atoms. The fraction of sp³-hybridized carbons (Fsp3) is 0.579. The number of carboxylic acid groups (broad SMARTS) is 1. The Kier molecular flexibility index (Phi) is 5.97. The molecule has 2 rings (SSSR count). The quantitative estimate of drug-likeness (QED) is 0.865. The summed E-state index contributed by atoms with van der Waals surface area (Å²) in [5.74, 6) is -0.529. The number of carbonyl (C=O) groups is 2. The molecule has 1 saturated heterocycles. The molecule has 0 radical (unpaired) electrons. The molecule has 5 heteroatoms. The Morgan fingerprint density at radius 2 is 1.88 bits per heavy atom. The fourth-order valence-corrected chi connectivity index (χ4v) is 4.31. The van der Waals surface area contributed by atoms with Gasteiger partial charge in [0.05, 0.1) is 0 Å². The second-order valence-electron chi connectivity index (χ2n) is 7.32. The van der Waals surface area contributed by atoms with Crippen molar-refractivity contribution in [3.8, 4) is 0 Å². The fourth-order valence-electron chi connectivity index (χ4n) is 2.86. The van der Waals surface area contributed by atoms with Gasteiger partial charge in [0.1, 0.15) is 11.4 Å². The van der Waals surface area contributed by atoms with Crippen molar-refractivity contribution in [1.82, 2.24) is 4.90 Å². The van der Waals surface area contributed by atoms with E-state index in [1.165, 1.54) is 17.3 Å². The first-order valence-corrected chi connectivity index (χ1v) is 9.56. The summed E-state index contributed by atoms with van der Waals surface area (Å²) in [5.41, 5.74) is 2.30. The predicted molar refractivity (Wildman–Crippen MR) is 98.1 cm³/mol. The van der Waals surface area contributed by atoms with Gasteiger partial charge in [-0.25, -0.2) is 4.79 Å². The molecule has 0 spiro atoms. The van der Waals surface area contributed by atoms with Crippen molar-refractivity contribution >= 4 is 23.6 Å². The summed E-state index contributed by atoms with van der Waals surface area (Å²) in [4.78, 5) is 25.7. The van der Waals surface area contributed by atoms with Crippen LogP contribution in [-0.2, 0) is 15.0 Å². The molecule has 1 aliphatic heterocycles. The Morgan fingerprint density at radius 1 is 1.25 bits per heavy atom. The monoisotopic (exact) mass is 349 g/mol. The minimum absolute atomic E-state index is 0.0563. The van der Waals surface area contributed by atoms with Gasteiger partial charge in [-0.2, -0.15) is 0 Å². The van der Waals surface area contributed by atoms with E-state index < -0.39 is 12.0 Å². The second kappa shape index (κ2) is 7.60. The molecule has 1 N–H and O–H groups in total. The normalized spacial score (nSPS) is 21.1. The van der Waals surface area contributed by atoms with Crippen molar-refractivity contribution in [3.05, 3.63) is 35.4 Å². The van der Waals surface area contributed by atoms with Crippen LogP contribution in [0.2, 0.25) is 0 Å². The van der Waals surface area contributed by atoms with Crippen LogP contribution in [0.15, 0.2) is 24.3 Å². The molecule has 132 valence electrons. The lowest BCUT2D eigenvalue weighted by atomic mass is 9.86. The molecule has 0 aliphatic carbocycles. The summed E-state index contributed by atoms with van der Waals surface area (Å²) < 4.78 is 0. The maximum atomic E-state index is 12.6. The zero-order valence-electron chi connectivity index (χ0n) is 14.9. The van der Waals surface area contributed by atoms with Gasteiger partial charge >= 0.3 is 5.97 Å². The molecular weight excluding hydrogens is 322 g/mol. The second-order valence-corrected chi connectivity index (χ2v) is 8.43. The lowest BCUT2D eigenvalue weighted by molar-refractivity contribution is -0.149. The molecule has 0 saturated carbocycles. The summed E-state index contributed by atoms with van der Waals surface area (Å²) in [6.07, 6.45) is 2.13. The molecule has 1 aromatic carbocycles. The van der Waals surface area contributed by atoms with Gasteiger partial charge in [-0.1, -0.05) is 58.4 Å². The van der Waals surface area contributed by atoms with E-state index in [9.17, 15) is 14.7 Å². The molecule has 1 heterocycles. The largest absolute Gasteiger partial charge is 0.480 e. The standard InChI is InChI=1S/C19H27NO3S/c1-5-6-7-16(21)20-15(18(22)23)12-24-17(20)13-8-10-14(11-9-13)19(2,3)4/h8-11,15,17H,5-7,12H2,1-4H3,(H,22,23). The summed E-state index contributed by atoms with van der Waals surface area (Å²) >= 11 is 1.54. The highest BCUT2D eigenvalue weighted by Gasteiger charge is 2.41. The third-order valence-electron chi connectivity index (χ3n) is 4.38. The first-order chi connectivity index (χ1) is 11.3. The molecule has 1 fully saturated rings. The molecule has 1 aromatic rings. The molecule has 2 atom stereocenters. The molecular formula is C19H27NO3S. The third-order valence-corrected chi connectivity index (χ3v) is 5.70. The maximum Gasteiger partial charge on any atom is 0.327 e. The van der Waals surface area contributed by atoms with E-state index in [0.717, 1.165) is 18.4 Å². The topological polar surface area (TPSA) is 57.6 Å². The van der Waals surface area contributed by atoms with Crippen molar-refractivity contribution in [3.63, 3.8) is 0 Å². The summed E-state index contributed by atoms with van der Waals surface area (Å²) in [7, 11) is 0. The summed E-state index contributed by atoms with van der Waals surface area (Å²) in [5, 5.41) is 9.26. The van der Waals surface area contributed by atoms with Crippen molar-refractivity contribution in [2.24, 2.45) is 0 Å². The number of carbonyl (C=O) groups excluding carboxylic acids is 1. The van der Waals surface area contributed by atoms with Crippen molar-refractivity contribution < 1.29 is 14.7 Å². The summed E-state index contributed by atoms with van der Waals surface area (Å²) in [6.45, 7) is 8.51. The Hall–Kier alpha value is -1.49. The smallest absolute Gasteiger partial charge is 0.327 e. The minimum Gasteiger partial charge on any atom is -0.480 e. The number of benzene rings is 1. The number of thioether (sulfide) groups is 1. The number of amides is 1. The highest BCUT2D eigenvalue weighted by Crippen LogP contribution is 2.42. The summed E-state index contributed by atoms with van der Waals surface area (Å²) in [6, 6.07) is 7.49. The Morgan fingerprint density at radius 3 is 2.38 bits per heavy atom. The molecule has 4 nitrogen and oxygen atoms in total. The van der Waals surface area contributed by atoms with E-state index in [0.29, 0.717) is 12.2 Å². The van der Waals surface area contributed by atoms with Gasteiger partial charge in [-0.15, -0.1) is 11.8 Å².